The molecule has 1 heterocycles. The fraction of sp³-hybridized carbons (Fsp3) is 0.400. The predicted octanol–water partition coefficient (Wildman–Crippen LogP) is 3.85. The van der Waals surface area contributed by atoms with Crippen molar-refractivity contribution >= 4 is 11.3 Å². The summed E-state index contributed by atoms with van der Waals surface area (Å²) in [6.07, 6.45) is 0.915. The number of halogens is 1. The van der Waals surface area contributed by atoms with Crippen LogP contribution in [0.1, 0.15) is 41.0 Å². The third-order valence-corrected chi connectivity index (χ3v) is 4.19. The number of hydrogen-bond acceptors (Lipinski definition) is 3. The maximum Gasteiger partial charge on any atom is 0.128 e. The summed E-state index contributed by atoms with van der Waals surface area (Å²) in [5.41, 5.74) is 1.78. The van der Waals surface area contributed by atoms with E-state index in [9.17, 15) is 4.39 Å². The lowest BCUT2D eigenvalue weighted by Gasteiger charge is -2.16. The maximum atomic E-state index is 14.0. The molecule has 0 aliphatic rings. The molecule has 2 aromatic rings. The predicted molar refractivity (Wildman–Crippen MR) is 78.1 cm³/mol. The van der Waals surface area contributed by atoms with E-state index in [4.69, 9.17) is 0 Å². The van der Waals surface area contributed by atoms with Gasteiger partial charge in [0.05, 0.1) is 11.7 Å². The van der Waals surface area contributed by atoms with Crippen molar-refractivity contribution in [2.24, 2.45) is 0 Å². The Labute approximate surface area is 117 Å². The molecule has 2 rings (SSSR count). The van der Waals surface area contributed by atoms with Crippen LogP contribution in [0.5, 0.6) is 0 Å². The summed E-state index contributed by atoms with van der Waals surface area (Å²) in [4.78, 5) is 5.87. The summed E-state index contributed by atoms with van der Waals surface area (Å²) < 4.78 is 14.0. The van der Waals surface area contributed by atoms with E-state index in [0.29, 0.717) is 5.56 Å². The van der Waals surface area contributed by atoms with Crippen LogP contribution in [0.25, 0.3) is 0 Å². The molecule has 19 heavy (non-hydrogen) atoms. The Hall–Kier alpha value is -1.26. The van der Waals surface area contributed by atoms with Crippen LogP contribution >= 0.6 is 11.3 Å². The van der Waals surface area contributed by atoms with Crippen molar-refractivity contribution in [2.45, 2.75) is 33.2 Å². The largest absolute Gasteiger partial charge is 0.304 e. The number of benzene rings is 1. The molecule has 0 saturated heterocycles. The third kappa shape index (κ3) is 3.01. The minimum absolute atomic E-state index is 0.157. The Kier molecular flexibility index (Phi) is 4.66. The zero-order valence-corrected chi connectivity index (χ0v) is 12.4. The SMILES string of the molecule is CCNC(c1nc(CC)c(C)s1)c1ccccc1F. The Morgan fingerprint density at radius 2 is 2.05 bits per heavy atom. The molecule has 4 heteroatoms. The van der Waals surface area contributed by atoms with Crippen LogP contribution in [0, 0.1) is 12.7 Å². The molecule has 1 N–H and O–H groups in total. The summed E-state index contributed by atoms with van der Waals surface area (Å²) in [5, 5.41) is 4.27. The van der Waals surface area contributed by atoms with E-state index >= 15 is 0 Å². The fourth-order valence-electron chi connectivity index (χ4n) is 2.15. The highest BCUT2D eigenvalue weighted by Gasteiger charge is 2.21. The first kappa shape index (κ1) is 14.2. The molecule has 0 spiro atoms. The number of thiazole rings is 1. The number of rotatable bonds is 5. The van der Waals surface area contributed by atoms with Crippen LogP contribution in [0.3, 0.4) is 0 Å². The van der Waals surface area contributed by atoms with Gasteiger partial charge < -0.3 is 5.32 Å². The smallest absolute Gasteiger partial charge is 0.128 e. The van der Waals surface area contributed by atoms with Gasteiger partial charge in [0.25, 0.3) is 0 Å². The summed E-state index contributed by atoms with van der Waals surface area (Å²) >= 11 is 1.65. The Bertz CT molecular complexity index is 551. The van der Waals surface area contributed by atoms with Crippen molar-refractivity contribution in [1.82, 2.24) is 10.3 Å². The van der Waals surface area contributed by atoms with Crippen molar-refractivity contribution in [2.75, 3.05) is 6.54 Å². The highest BCUT2D eigenvalue weighted by molar-refractivity contribution is 7.11. The molecule has 0 bridgehead atoms. The summed E-state index contributed by atoms with van der Waals surface area (Å²) in [7, 11) is 0. The van der Waals surface area contributed by atoms with E-state index in [1.54, 1.807) is 17.4 Å². The van der Waals surface area contributed by atoms with Crippen molar-refractivity contribution in [3.8, 4) is 0 Å². The zero-order valence-electron chi connectivity index (χ0n) is 11.5. The standard InChI is InChI=1S/C15H19FN2S/c1-4-13-10(3)19-15(18-13)14(17-5-2)11-8-6-7-9-12(11)16/h6-9,14,17H,4-5H2,1-3H3. The summed E-state index contributed by atoms with van der Waals surface area (Å²) in [6, 6.07) is 6.75. The van der Waals surface area contributed by atoms with E-state index in [-0.39, 0.29) is 11.9 Å². The van der Waals surface area contributed by atoms with Crippen LogP contribution in [0.4, 0.5) is 4.39 Å². The number of nitrogens with zero attached hydrogens (tertiary/aromatic N) is 1. The van der Waals surface area contributed by atoms with Crippen molar-refractivity contribution < 1.29 is 4.39 Å². The molecular formula is C15H19FN2S. The van der Waals surface area contributed by atoms with Gasteiger partial charge in [-0.2, -0.15) is 0 Å². The molecule has 0 amide bonds. The maximum absolute atomic E-state index is 14.0. The lowest BCUT2D eigenvalue weighted by Crippen LogP contribution is -2.22. The molecule has 102 valence electrons. The average Bonchev–Trinajstić information content (AvgIpc) is 2.78. The van der Waals surface area contributed by atoms with Crippen molar-refractivity contribution in [3.63, 3.8) is 0 Å². The van der Waals surface area contributed by atoms with Crippen molar-refractivity contribution in [3.05, 3.63) is 51.2 Å². The minimum Gasteiger partial charge on any atom is -0.304 e. The van der Waals surface area contributed by atoms with Crippen LogP contribution in [0.2, 0.25) is 0 Å². The van der Waals surface area contributed by atoms with Gasteiger partial charge >= 0.3 is 0 Å². The third-order valence-electron chi connectivity index (χ3n) is 3.12. The van der Waals surface area contributed by atoms with Gasteiger partial charge in [0.15, 0.2) is 0 Å². The average molecular weight is 278 g/mol. The number of hydrogen-bond donors (Lipinski definition) is 1. The first-order valence-corrected chi connectivity index (χ1v) is 7.43. The molecule has 0 aliphatic carbocycles. The van der Waals surface area contributed by atoms with E-state index in [2.05, 4.69) is 24.1 Å². The van der Waals surface area contributed by atoms with E-state index in [1.807, 2.05) is 19.1 Å². The van der Waals surface area contributed by atoms with Crippen molar-refractivity contribution in [1.29, 1.82) is 0 Å². The lowest BCUT2D eigenvalue weighted by molar-refractivity contribution is 0.557. The highest BCUT2D eigenvalue weighted by Crippen LogP contribution is 2.29. The fourth-order valence-corrected chi connectivity index (χ4v) is 3.25. The second-order valence-electron chi connectivity index (χ2n) is 4.42. The second-order valence-corrected chi connectivity index (χ2v) is 5.66. The van der Waals surface area contributed by atoms with E-state index in [1.165, 1.54) is 10.9 Å². The second kappa shape index (κ2) is 6.26. The normalized spacial score (nSPS) is 12.6. The van der Waals surface area contributed by atoms with Gasteiger partial charge in [-0.05, 0) is 26.0 Å². The van der Waals surface area contributed by atoms with Crippen LogP contribution in [-0.2, 0) is 6.42 Å². The quantitative estimate of drug-likeness (QED) is 0.898. The summed E-state index contributed by atoms with van der Waals surface area (Å²) in [5.74, 6) is -0.181. The zero-order chi connectivity index (χ0) is 13.8. The monoisotopic (exact) mass is 278 g/mol. The molecule has 1 atom stereocenters. The Morgan fingerprint density at radius 1 is 1.32 bits per heavy atom. The van der Waals surface area contributed by atoms with E-state index < -0.39 is 0 Å². The number of aryl methyl sites for hydroxylation is 2. The molecule has 0 aliphatic heterocycles. The minimum atomic E-state index is -0.181. The molecule has 0 radical (unpaired) electrons. The summed E-state index contributed by atoms with van der Waals surface area (Å²) in [6.45, 7) is 6.97. The molecule has 0 fully saturated rings. The van der Waals surface area contributed by atoms with E-state index in [0.717, 1.165) is 23.7 Å². The molecule has 0 saturated carbocycles. The topological polar surface area (TPSA) is 24.9 Å². The number of aromatic nitrogens is 1. The van der Waals surface area contributed by atoms with Gasteiger partial charge in [-0.15, -0.1) is 11.3 Å². The van der Waals surface area contributed by atoms with Crippen LogP contribution in [0.15, 0.2) is 24.3 Å². The number of nitrogens with one attached hydrogen (secondary N) is 1. The van der Waals surface area contributed by atoms with Gasteiger partial charge in [-0.3, -0.25) is 0 Å². The lowest BCUT2D eigenvalue weighted by atomic mass is 10.1. The Morgan fingerprint density at radius 3 is 2.63 bits per heavy atom. The first-order valence-electron chi connectivity index (χ1n) is 6.61. The van der Waals surface area contributed by atoms with Gasteiger partial charge in [0.2, 0.25) is 0 Å². The molecule has 1 aromatic carbocycles. The molecule has 1 unspecified atom stereocenters. The van der Waals surface area contributed by atoms with Gasteiger partial charge in [-0.1, -0.05) is 32.0 Å². The van der Waals surface area contributed by atoms with Crippen LogP contribution < -0.4 is 5.32 Å². The highest BCUT2D eigenvalue weighted by atomic mass is 32.1. The van der Waals surface area contributed by atoms with Gasteiger partial charge in [0.1, 0.15) is 10.8 Å². The molecule has 1 aromatic heterocycles. The Balaban J connectivity index is 2.42. The molecule has 2 nitrogen and oxygen atoms in total. The first-order chi connectivity index (χ1) is 9.17. The van der Waals surface area contributed by atoms with Gasteiger partial charge in [0, 0.05) is 10.4 Å². The van der Waals surface area contributed by atoms with Gasteiger partial charge in [-0.25, -0.2) is 9.37 Å². The molecular weight excluding hydrogens is 259 g/mol. The van der Waals surface area contributed by atoms with Crippen LogP contribution in [-0.4, -0.2) is 11.5 Å².